The van der Waals surface area contributed by atoms with Crippen LogP contribution in [0.15, 0.2) is 24.3 Å². The molecule has 1 unspecified atom stereocenters. The zero-order valence-electron chi connectivity index (χ0n) is 13.7. The molecule has 6 heteroatoms. The summed E-state index contributed by atoms with van der Waals surface area (Å²) in [6.07, 6.45) is 2.08. The van der Waals surface area contributed by atoms with Crippen LogP contribution in [0.1, 0.15) is 33.1 Å². The zero-order valence-corrected chi connectivity index (χ0v) is 13.7. The van der Waals surface area contributed by atoms with Gasteiger partial charge in [-0.1, -0.05) is 13.8 Å². The van der Waals surface area contributed by atoms with Crippen molar-refractivity contribution in [3.8, 4) is 0 Å². The lowest BCUT2D eigenvalue weighted by Crippen LogP contribution is -2.46. The van der Waals surface area contributed by atoms with Crippen molar-refractivity contribution < 1.29 is 14.0 Å². The highest BCUT2D eigenvalue weighted by Gasteiger charge is 2.32. The molecule has 0 spiro atoms. The highest BCUT2D eigenvalue weighted by atomic mass is 19.1. The average molecular weight is 321 g/mol. The SMILES string of the molecule is CCCN(CCC)C(=O)NC1CC(=O)N(c2ccc(F)cc2)C1. The predicted molar refractivity (Wildman–Crippen MR) is 87.8 cm³/mol. The second kappa shape index (κ2) is 7.94. The Kier molecular flexibility index (Phi) is 5.96. The summed E-state index contributed by atoms with van der Waals surface area (Å²) in [4.78, 5) is 27.8. The molecule has 2 rings (SSSR count). The minimum Gasteiger partial charge on any atom is -0.333 e. The summed E-state index contributed by atoms with van der Waals surface area (Å²) in [5, 5.41) is 2.94. The Balaban J connectivity index is 1.96. The van der Waals surface area contributed by atoms with E-state index in [0.29, 0.717) is 25.3 Å². The van der Waals surface area contributed by atoms with Crippen LogP contribution >= 0.6 is 0 Å². The number of amides is 3. The van der Waals surface area contributed by atoms with Gasteiger partial charge < -0.3 is 15.1 Å². The fourth-order valence-electron chi connectivity index (χ4n) is 2.80. The van der Waals surface area contributed by atoms with E-state index in [4.69, 9.17) is 0 Å². The molecule has 0 aliphatic carbocycles. The molecule has 1 atom stereocenters. The van der Waals surface area contributed by atoms with Gasteiger partial charge in [-0.05, 0) is 37.1 Å². The summed E-state index contributed by atoms with van der Waals surface area (Å²) in [6, 6.07) is 5.50. The number of carbonyl (C=O) groups is 2. The van der Waals surface area contributed by atoms with Gasteiger partial charge in [-0.25, -0.2) is 9.18 Å². The molecular formula is C17H24FN3O2. The first-order valence-electron chi connectivity index (χ1n) is 8.16. The molecule has 1 N–H and O–H groups in total. The summed E-state index contributed by atoms with van der Waals surface area (Å²) in [6.45, 7) is 5.91. The van der Waals surface area contributed by atoms with Crippen LogP contribution in [-0.2, 0) is 4.79 Å². The first-order valence-corrected chi connectivity index (χ1v) is 8.16. The highest BCUT2D eigenvalue weighted by molar-refractivity contribution is 5.96. The normalized spacial score (nSPS) is 17.4. The summed E-state index contributed by atoms with van der Waals surface area (Å²) >= 11 is 0. The lowest BCUT2D eigenvalue weighted by molar-refractivity contribution is -0.117. The van der Waals surface area contributed by atoms with Crippen molar-refractivity contribution in [2.45, 2.75) is 39.2 Å². The number of nitrogens with one attached hydrogen (secondary N) is 1. The maximum atomic E-state index is 13.0. The van der Waals surface area contributed by atoms with E-state index in [0.717, 1.165) is 12.8 Å². The smallest absolute Gasteiger partial charge is 0.317 e. The third-order valence-corrected chi connectivity index (χ3v) is 3.87. The van der Waals surface area contributed by atoms with Crippen LogP contribution in [0.2, 0.25) is 0 Å². The molecule has 1 heterocycles. The maximum Gasteiger partial charge on any atom is 0.317 e. The molecule has 0 aromatic heterocycles. The van der Waals surface area contributed by atoms with E-state index in [-0.39, 0.29) is 30.2 Å². The molecule has 23 heavy (non-hydrogen) atoms. The van der Waals surface area contributed by atoms with E-state index in [1.807, 2.05) is 13.8 Å². The standard InChI is InChI=1S/C17H24FN3O2/c1-3-9-20(10-4-2)17(23)19-14-11-16(22)21(12-14)15-7-5-13(18)6-8-15/h5-8,14H,3-4,9-12H2,1-2H3,(H,19,23). The Morgan fingerprint density at radius 3 is 2.43 bits per heavy atom. The van der Waals surface area contributed by atoms with Gasteiger partial charge in [0.1, 0.15) is 5.82 Å². The van der Waals surface area contributed by atoms with E-state index >= 15 is 0 Å². The van der Waals surface area contributed by atoms with Crippen LogP contribution in [0.25, 0.3) is 0 Å². The monoisotopic (exact) mass is 321 g/mol. The average Bonchev–Trinajstić information content (AvgIpc) is 2.88. The van der Waals surface area contributed by atoms with Crippen LogP contribution < -0.4 is 10.2 Å². The molecule has 5 nitrogen and oxygen atoms in total. The fraction of sp³-hybridized carbons (Fsp3) is 0.529. The first kappa shape index (κ1) is 17.2. The lowest BCUT2D eigenvalue weighted by atomic mass is 10.2. The van der Waals surface area contributed by atoms with E-state index in [2.05, 4.69) is 5.32 Å². The van der Waals surface area contributed by atoms with E-state index in [1.165, 1.54) is 12.1 Å². The number of anilines is 1. The third-order valence-electron chi connectivity index (χ3n) is 3.87. The second-order valence-corrected chi connectivity index (χ2v) is 5.82. The van der Waals surface area contributed by atoms with Gasteiger partial charge in [-0.2, -0.15) is 0 Å². The summed E-state index contributed by atoms with van der Waals surface area (Å²) < 4.78 is 13.0. The molecule has 0 bridgehead atoms. The molecule has 1 aliphatic heterocycles. The summed E-state index contributed by atoms with van der Waals surface area (Å²) in [7, 11) is 0. The molecule has 1 fully saturated rings. The van der Waals surface area contributed by atoms with Crippen molar-refractivity contribution in [2.24, 2.45) is 0 Å². The molecule has 3 amide bonds. The zero-order chi connectivity index (χ0) is 16.8. The molecular weight excluding hydrogens is 297 g/mol. The van der Waals surface area contributed by atoms with Crippen LogP contribution in [0, 0.1) is 5.82 Å². The summed E-state index contributed by atoms with van der Waals surface area (Å²) in [5.74, 6) is -0.389. The number of halogens is 1. The van der Waals surface area contributed by atoms with Gasteiger partial charge >= 0.3 is 6.03 Å². The Morgan fingerprint density at radius 1 is 1.26 bits per heavy atom. The number of rotatable bonds is 6. The van der Waals surface area contributed by atoms with Crippen LogP contribution in [0.4, 0.5) is 14.9 Å². The molecule has 1 aromatic rings. The second-order valence-electron chi connectivity index (χ2n) is 5.82. The van der Waals surface area contributed by atoms with E-state index in [9.17, 15) is 14.0 Å². The van der Waals surface area contributed by atoms with Gasteiger partial charge in [0.2, 0.25) is 5.91 Å². The van der Waals surface area contributed by atoms with Crippen LogP contribution in [0.3, 0.4) is 0 Å². The Bertz CT molecular complexity index is 541. The topological polar surface area (TPSA) is 52.7 Å². The first-order chi connectivity index (χ1) is 11.0. The number of urea groups is 1. The molecule has 0 radical (unpaired) electrons. The molecule has 1 saturated heterocycles. The number of benzene rings is 1. The minimum atomic E-state index is -0.333. The molecule has 126 valence electrons. The number of carbonyl (C=O) groups excluding carboxylic acids is 2. The van der Waals surface area contributed by atoms with Gasteiger partial charge in [0.15, 0.2) is 0 Å². The van der Waals surface area contributed by atoms with Crippen molar-refractivity contribution in [1.29, 1.82) is 0 Å². The van der Waals surface area contributed by atoms with Gasteiger partial charge in [0.05, 0.1) is 6.04 Å². The maximum absolute atomic E-state index is 13.0. The Hall–Kier alpha value is -2.11. The van der Waals surface area contributed by atoms with Crippen molar-refractivity contribution in [3.05, 3.63) is 30.1 Å². The van der Waals surface area contributed by atoms with Crippen LogP contribution in [-0.4, -0.2) is 42.5 Å². The predicted octanol–water partition coefficient (Wildman–Crippen LogP) is 2.76. The molecule has 0 saturated carbocycles. The van der Waals surface area contributed by atoms with Crippen molar-refractivity contribution in [3.63, 3.8) is 0 Å². The van der Waals surface area contributed by atoms with E-state index < -0.39 is 0 Å². The lowest BCUT2D eigenvalue weighted by Gasteiger charge is -2.24. The highest BCUT2D eigenvalue weighted by Crippen LogP contribution is 2.22. The largest absolute Gasteiger partial charge is 0.333 e. The van der Waals surface area contributed by atoms with Crippen LogP contribution in [0.5, 0.6) is 0 Å². The minimum absolute atomic E-state index is 0.0561. The van der Waals surface area contributed by atoms with E-state index in [1.54, 1.807) is 21.9 Å². The Labute approximate surface area is 136 Å². The van der Waals surface area contributed by atoms with Crippen molar-refractivity contribution in [1.82, 2.24) is 10.2 Å². The summed E-state index contributed by atoms with van der Waals surface area (Å²) in [5.41, 5.74) is 0.659. The third kappa shape index (κ3) is 4.43. The quantitative estimate of drug-likeness (QED) is 0.876. The fourth-order valence-corrected chi connectivity index (χ4v) is 2.80. The van der Waals surface area contributed by atoms with Crippen molar-refractivity contribution >= 4 is 17.6 Å². The van der Waals surface area contributed by atoms with Gasteiger partial charge in [-0.3, -0.25) is 4.79 Å². The van der Waals surface area contributed by atoms with Gasteiger partial charge in [0, 0.05) is 31.7 Å². The number of hydrogen-bond acceptors (Lipinski definition) is 2. The number of hydrogen-bond donors (Lipinski definition) is 1. The Morgan fingerprint density at radius 2 is 1.87 bits per heavy atom. The molecule has 1 aliphatic rings. The van der Waals surface area contributed by atoms with Gasteiger partial charge in [0.25, 0.3) is 0 Å². The number of nitrogens with zero attached hydrogens (tertiary/aromatic N) is 2. The molecule has 1 aromatic carbocycles. The van der Waals surface area contributed by atoms with Crippen molar-refractivity contribution in [2.75, 3.05) is 24.5 Å². The van der Waals surface area contributed by atoms with Gasteiger partial charge in [-0.15, -0.1) is 0 Å².